The molecular formula is C11H17F3N4O. The third kappa shape index (κ3) is 4.88. The van der Waals surface area contributed by atoms with Gasteiger partial charge < -0.3 is 5.32 Å². The Morgan fingerprint density at radius 3 is 2.68 bits per heavy atom. The van der Waals surface area contributed by atoms with Crippen molar-refractivity contribution in [2.75, 3.05) is 0 Å². The SMILES string of the molecule is CCC(NC(=O)CCC(F)(F)F)c1ncnn1CC. The molecule has 1 amide bonds. The Bertz CT molecular complexity index is 416. The fourth-order valence-electron chi connectivity index (χ4n) is 1.66. The lowest BCUT2D eigenvalue weighted by molar-refractivity contribution is -0.144. The van der Waals surface area contributed by atoms with Crippen molar-refractivity contribution in [3.63, 3.8) is 0 Å². The van der Waals surface area contributed by atoms with Crippen molar-refractivity contribution >= 4 is 5.91 Å². The van der Waals surface area contributed by atoms with Gasteiger partial charge in [-0.1, -0.05) is 6.92 Å². The van der Waals surface area contributed by atoms with Crippen molar-refractivity contribution in [1.29, 1.82) is 0 Å². The minimum atomic E-state index is -4.32. The van der Waals surface area contributed by atoms with Gasteiger partial charge in [-0.2, -0.15) is 18.3 Å². The highest BCUT2D eigenvalue weighted by atomic mass is 19.4. The summed E-state index contributed by atoms with van der Waals surface area (Å²) in [5, 5.41) is 6.52. The van der Waals surface area contributed by atoms with Gasteiger partial charge in [0.05, 0.1) is 12.5 Å². The highest BCUT2D eigenvalue weighted by Crippen LogP contribution is 2.21. The summed E-state index contributed by atoms with van der Waals surface area (Å²) >= 11 is 0. The van der Waals surface area contributed by atoms with Gasteiger partial charge >= 0.3 is 6.18 Å². The summed E-state index contributed by atoms with van der Waals surface area (Å²) in [6.45, 7) is 4.28. The molecule has 0 aliphatic heterocycles. The Morgan fingerprint density at radius 1 is 1.47 bits per heavy atom. The zero-order valence-electron chi connectivity index (χ0n) is 10.9. The van der Waals surface area contributed by atoms with E-state index in [1.54, 1.807) is 4.68 Å². The zero-order chi connectivity index (χ0) is 14.5. The summed E-state index contributed by atoms with van der Waals surface area (Å²) < 4.78 is 37.7. The number of nitrogens with one attached hydrogen (secondary N) is 1. The van der Waals surface area contributed by atoms with Crippen LogP contribution in [0.15, 0.2) is 6.33 Å². The molecule has 0 radical (unpaired) electrons. The van der Waals surface area contributed by atoms with Gasteiger partial charge in [-0.25, -0.2) is 9.67 Å². The van der Waals surface area contributed by atoms with Crippen LogP contribution in [0, 0.1) is 0 Å². The lowest BCUT2D eigenvalue weighted by atomic mass is 10.2. The molecule has 0 fully saturated rings. The molecule has 0 aliphatic carbocycles. The first-order valence-corrected chi connectivity index (χ1v) is 6.11. The van der Waals surface area contributed by atoms with Gasteiger partial charge in [0, 0.05) is 13.0 Å². The number of carbonyl (C=O) groups excluding carboxylic acids is 1. The first kappa shape index (κ1) is 15.5. The largest absolute Gasteiger partial charge is 0.389 e. The molecular weight excluding hydrogens is 261 g/mol. The zero-order valence-corrected chi connectivity index (χ0v) is 10.9. The van der Waals surface area contributed by atoms with Gasteiger partial charge in [0.1, 0.15) is 12.2 Å². The van der Waals surface area contributed by atoms with Crippen molar-refractivity contribution in [1.82, 2.24) is 20.1 Å². The second-order valence-corrected chi connectivity index (χ2v) is 4.08. The van der Waals surface area contributed by atoms with E-state index in [4.69, 9.17) is 0 Å². The van der Waals surface area contributed by atoms with Crippen molar-refractivity contribution in [3.05, 3.63) is 12.2 Å². The monoisotopic (exact) mass is 278 g/mol. The number of hydrogen-bond donors (Lipinski definition) is 1. The molecule has 1 rings (SSSR count). The van der Waals surface area contributed by atoms with Crippen molar-refractivity contribution < 1.29 is 18.0 Å². The van der Waals surface area contributed by atoms with E-state index in [0.717, 1.165) is 0 Å². The van der Waals surface area contributed by atoms with E-state index >= 15 is 0 Å². The molecule has 0 aliphatic rings. The maximum absolute atomic E-state index is 12.0. The molecule has 1 heterocycles. The van der Waals surface area contributed by atoms with Crippen LogP contribution >= 0.6 is 0 Å². The van der Waals surface area contributed by atoms with Crippen LogP contribution < -0.4 is 5.32 Å². The molecule has 0 saturated carbocycles. The number of aromatic nitrogens is 3. The quantitative estimate of drug-likeness (QED) is 0.868. The van der Waals surface area contributed by atoms with E-state index < -0.39 is 31.0 Å². The standard InChI is InChI=1S/C11H17F3N4O/c1-3-8(10-15-7-16-18(10)4-2)17-9(19)5-6-11(12,13)14/h7-8H,3-6H2,1-2H3,(H,17,19). The third-order valence-electron chi connectivity index (χ3n) is 2.64. The predicted octanol–water partition coefficient (Wildman–Crippen LogP) is 2.21. The highest BCUT2D eigenvalue weighted by molar-refractivity contribution is 5.76. The first-order chi connectivity index (χ1) is 8.87. The fraction of sp³-hybridized carbons (Fsp3) is 0.727. The Morgan fingerprint density at radius 2 is 2.16 bits per heavy atom. The maximum atomic E-state index is 12.0. The van der Waals surface area contributed by atoms with Gasteiger partial charge in [-0.15, -0.1) is 0 Å². The molecule has 0 aromatic carbocycles. The Kier molecular flexibility index (Phi) is 5.31. The minimum Gasteiger partial charge on any atom is -0.346 e. The average molecular weight is 278 g/mol. The summed E-state index contributed by atoms with van der Waals surface area (Å²) in [6.07, 6.45) is -4.10. The number of halogens is 3. The molecule has 19 heavy (non-hydrogen) atoms. The number of aryl methyl sites for hydroxylation is 1. The molecule has 1 atom stereocenters. The summed E-state index contributed by atoms with van der Waals surface area (Å²) in [5.41, 5.74) is 0. The van der Waals surface area contributed by atoms with Gasteiger partial charge in [0.15, 0.2) is 0 Å². The van der Waals surface area contributed by atoms with E-state index in [1.807, 2.05) is 13.8 Å². The fourth-order valence-corrected chi connectivity index (χ4v) is 1.66. The van der Waals surface area contributed by atoms with E-state index in [1.165, 1.54) is 6.33 Å². The summed E-state index contributed by atoms with van der Waals surface area (Å²) in [5.74, 6) is -0.0693. The Balaban J connectivity index is 2.60. The van der Waals surface area contributed by atoms with E-state index in [-0.39, 0.29) is 0 Å². The topological polar surface area (TPSA) is 59.8 Å². The molecule has 108 valence electrons. The summed E-state index contributed by atoms with van der Waals surface area (Å²) in [6, 6.07) is -0.414. The average Bonchev–Trinajstić information content (AvgIpc) is 2.80. The molecule has 8 heteroatoms. The third-order valence-corrected chi connectivity index (χ3v) is 2.64. The van der Waals surface area contributed by atoms with Gasteiger partial charge in [0.25, 0.3) is 0 Å². The molecule has 1 N–H and O–H groups in total. The molecule has 0 spiro atoms. The number of carbonyl (C=O) groups is 1. The van der Waals surface area contributed by atoms with Crippen LogP contribution in [0.3, 0.4) is 0 Å². The highest BCUT2D eigenvalue weighted by Gasteiger charge is 2.28. The molecule has 0 saturated heterocycles. The Labute approximate surface area is 109 Å². The Hall–Kier alpha value is -1.60. The van der Waals surface area contributed by atoms with Crippen LogP contribution in [0.5, 0.6) is 0 Å². The predicted molar refractivity (Wildman–Crippen MR) is 62.2 cm³/mol. The number of hydrogen-bond acceptors (Lipinski definition) is 3. The van der Waals surface area contributed by atoms with Crippen molar-refractivity contribution in [2.24, 2.45) is 0 Å². The van der Waals surface area contributed by atoms with E-state index in [9.17, 15) is 18.0 Å². The van der Waals surface area contributed by atoms with Crippen molar-refractivity contribution in [2.45, 2.75) is 51.9 Å². The minimum absolute atomic E-state index is 0.414. The molecule has 1 aromatic rings. The maximum Gasteiger partial charge on any atom is 0.389 e. The normalized spacial score (nSPS) is 13.3. The first-order valence-electron chi connectivity index (χ1n) is 6.11. The number of nitrogens with zero attached hydrogens (tertiary/aromatic N) is 3. The summed E-state index contributed by atoms with van der Waals surface area (Å²) in [7, 11) is 0. The van der Waals surface area contributed by atoms with Gasteiger partial charge in [-0.05, 0) is 13.3 Å². The van der Waals surface area contributed by atoms with E-state index in [2.05, 4.69) is 15.4 Å². The van der Waals surface area contributed by atoms with E-state index in [0.29, 0.717) is 18.8 Å². The second kappa shape index (κ2) is 6.53. The van der Waals surface area contributed by atoms with Crippen LogP contribution in [0.1, 0.15) is 45.0 Å². The van der Waals surface area contributed by atoms with Crippen molar-refractivity contribution in [3.8, 4) is 0 Å². The smallest absolute Gasteiger partial charge is 0.346 e. The van der Waals surface area contributed by atoms with Crippen LogP contribution in [0.4, 0.5) is 13.2 Å². The summed E-state index contributed by atoms with van der Waals surface area (Å²) in [4.78, 5) is 15.5. The molecule has 1 aromatic heterocycles. The number of alkyl halides is 3. The molecule has 5 nitrogen and oxygen atoms in total. The lowest BCUT2D eigenvalue weighted by Crippen LogP contribution is -2.31. The lowest BCUT2D eigenvalue weighted by Gasteiger charge is -2.17. The van der Waals surface area contributed by atoms with Crippen LogP contribution in [0.25, 0.3) is 0 Å². The van der Waals surface area contributed by atoms with Crippen LogP contribution in [-0.4, -0.2) is 26.8 Å². The molecule has 1 unspecified atom stereocenters. The number of rotatable bonds is 6. The molecule has 0 bridgehead atoms. The second-order valence-electron chi connectivity index (χ2n) is 4.08. The number of amides is 1. The van der Waals surface area contributed by atoms with Crippen LogP contribution in [-0.2, 0) is 11.3 Å². The van der Waals surface area contributed by atoms with Crippen LogP contribution in [0.2, 0.25) is 0 Å². The van der Waals surface area contributed by atoms with Gasteiger partial charge in [0.2, 0.25) is 5.91 Å². The van der Waals surface area contributed by atoms with Gasteiger partial charge in [-0.3, -0.25) is 4.79 Å².